The molecule has 1 heterocycles. The molecule has 88 valence electrons. The summed E-state index contributed by atoms with van der Waals surface area (Å²) in [5.74, 6) is 4.59. The van der Waals surface area contributed by atoms with E-state index in [2.05, 4.69) is 10.3 Å². The zero-order valence-electron chi connectivity index (χ0n) is 9.91. The number of likely N-dealkylation sites (N-methyl/N-ethyl adjacent to an activating group) is 1. The highest BCUT2D eigenvalue weighted by Crippen LogP contribution is 2.61. The largest absolute Gasteiger partial charge is 0.445 e. The van der Waals surface area contributed by atoms with Crippen LogP contribution in [0.25, 0.3) is 0 Å². The summed E-state index contributed by atoms with van der Waals surface area (Å²) >= 11 is 0. The molecule has 0 amide bonds. The van der Waals surface area contributed by atoms with Crippen LogP contribution in [0.2, 0.25) is 0 Å². The normalized spacial score (nSPS) is 32.4. The highest BCUT2D eigenvalue weighted by molar-refractivity contribution is 5.18. The second kappa shape index (κ2) is 4.21. The minimum absolute atomic E-state index is 0.707. The fourth-order valence-corrected chi connectivity index (χ4v) is 3.24. The average Bonchev–Trinajstić information content (AvgIpc) is 2.87. The molecule has 2 aliphatic carbocycles. The second-order valence-electron chi connectivity index (χ2n) is 5.15. The summed E-state index contributed by atoms with van der Waals surface area (Å²) in [5.41, 5.74) is 0. The van der Waals surface area contributed by atoms with Crippen molar-refractivity contribution in [3.8, 4) is 0 Å². The van der Waals surface area contributed by atoms with Gasteiger partial charge in [-0.15, -0.1) is 0 Å². The molecule has 2 aliphatic rings. The van der Waals surface area contributed by atoms with Crippen LogP contribution < -0.4 is 5.32 Å². The van der Waals surface area contributed by atoms with Crippen LogP contribution in [0.3, 0.4) is 0 Å². The van der Waals surface area contributed by atoms with Gasteiger partial charge in [-0.2, -0.15) is 0 Å². The third-order valence-electron chi connectivity index (χ3n) is 4.15. The van der Waals surface area contributed by atoms with Crippen LogP contribution in [0.1, 0.15) is 43.3 Å². The third-order valence-corrected chi connectivity index (χ3v) is 4.15. The quantitative estimate of drug-likeness (QED) is 0.846. The molecule has 3 rings (SSSR count). The van der Waals surface area contributed by atoms with Crippen LogP contribution in [-0.2, 0) is 6.42 Å². The number of nitrogens with one attached hydrogen (secondary N) is 1. The van der Waals surface area contributed by atoms with E-state index < -0.39 is 0 Å². The van der Waals surface area contributed by atoms with Crippen LogP contribution in [-0.4, -0.2) is 18.6 Å². The summed E-state index contributed by atoms with van der Waals surface area (Å²) in [4.78, 5) is 4.37. The van der Waals surface area contributed by atoms with E-state index in [1.807, 2.05) is 13.2 Å². The number of hydrogen-bond acceptors (Lipinski definition) is 3. The van der Waals surface area contributed by atoms with Gasteiger partial charge in [0.1, 0.15) is 5.76 Å². The number of oxazole rings is 1. The molecule has 1 N–H and O–H groups in total. The van der Waals surface area contributed by atoms with Crippen molar-refractivity contribution in [2.45, 2.75) is 38.0 Å². The van der Waals surface area contributed by atoms with Gasteiger partial charge in [0.15, 0.2) is 5.89 Å². The maximum absolute atomic E-state index is 5.85. The topological polar surface area (TPSA) is 38.1 Å². The molecule has 16 heavy (non-hydrogen) atoms. The minimum atomic E-state index is 0.707. The SMILES string of the molecule is CNCCc1ncc(C2C3CCCCC32)o1. The lowest BCUT2D eigenvalue weighted by molar-refractivity contribution is 0.445. The summed E-state index contributed by atoms with van der Waals surface area (Å²) in [6.45, 7) is 0.942. The van der Waals surface area contributed by atoms with Crippen molar-refractivity contribution in [3.63, 3.8) is 0 Å². The summed E-state index contributed by atoms with van der Waals surface area (Å²) in [5, 5.41) is 3.12. The first-order valence-corrected chi connectivity index (χ1v) is 6.49. The van der Waals surface area contributed by atoms with E-state index in [9.17, 15) is 0 Å². The van der Waals surface area contributed by atoms with E-state index in [0.29, 0.717) is 5.92 Å². The van der Waals surface area contributed by atoms with E-state index in [1.165, 1.54) is 25.7 Å². The Morgan fingerprint density at radius 2 is 2.12 bits per heavy atom. The monoisotopic (exact) mass is 220 g/mol. The molecule has 1 aromatic rings. The molecule has 0 spiro atoms. The van der Waals surface area contributed by atoms with Crippen LogP contribution in [0, 0.1) is 11.8 Å². The van der Waals surface area contributed by atoms with Gasteiger partial charge in [-0.1, -0.05) is 12.8 Å². The molecule has 1 aromatic heterocycles. The first-order chi connectivity index (χ1) is 7.90. The molecule has 3 heteroatoms. The number of fused-ring (bicyclic) bond motifs is 1. The average molecular weight is 220 g/mol. The van der Waals surface area contributed by atoms with E-state index in [0.717, 1.165) is 36.5 Å². The smallest absolute Gasteiger partial charge is 0.195 e. The third kappa shape index (κ3) is 1.77. The van der Waals surface area contributed by atoms with Crippen molar-refractivity contribution in [2.75, 3.05) is 13.6 Å². The fourth-order valence-electron chi connectivity index (χ4n) is 3.24. The fraction of sp³-hybridized carbons (Fsp3) is 0.769. The molecule has 0 saturated heterocycles. The van der Waals surface area contributed by atoms with Gasteiger partial charge in [0.05, 0.1) is 6.20 Å². The van der Waals surface area contributed by atoms with Crippen molar-refractivity contribution in [1.29, 1.82) is 0 Å². The minimum Gasteiger partial charge on any atom is -0.445 e. The first-order valence-electron chi connectivity index (χ1n) is 6.49. The standard InChI is InChI=1S/C13H20N2O/c1-14-7-6-12-15-8-11(16-12)13-9-4-2-3-5-10(9)13/h8-10,13-14H,2-7H2,1H3. The van der Waals surface area contributed by atoms with Crippen LogP contribution >= 0.6 is 0 Å². The Morgan fingerprint density at radius 3 is 2.81 bits per heavy atom. The summed E-state index contributed by atoms with van der Waals surface area (Å²) in [7, 11) is 1.96. The van der Waals surface area contributed by atoms with Gasteiger partial charge >= 0.3 is 0 Å². The Bertz CT molecular complexity index is 349. The molecular formula is C13H20N2O. The van der Waals surface area contributed by atoms with Crippen LogP contribution in [0.4, 0.5) is 0 Å². The van der Waals surface area contributed by atoms with Gasteiger partial charge in [0.25, 0.3) is 0 Å². The number of aromatic nitrogens is 1. The Hall–Kier alpha value is -0.830. The lowest BCUT2D eigenvalue weighted by Gasteiger charge is -2.04. The molecule has 2 unspecified atom stereocenters. The lowest BCUT2D eigenvalue weighted by Crippen LogP contribution is -2.10. The Labute approximate surface area is 96.6 Å². The van der Waals surface area contributed by atoms with E-state index in [1.54, 1.807) is 0 Å². The van der Waals surface area contributed by atoms with Crippen molar-refractivity contribution < 1.29 is 4.42 Å². The molecule has 0 bridgehead atoms. The lowest BCUT2D eigenvalue weighted by atomic mass is 10.0. The number of nitrogens with zero attached hydrogens (tertiary/aromatic N) is 1. The number of rotatable bonds is 4. The zero-order chi connectivity index (χ0) is 11.0. The maximum atomic E-state index is 5.85. The highest BCUT2D eigenvalue weighted by Gasteiger charge is 2.53. The molecule has 3 nitrogen and oxygen atoms in total. The van der Waals surface area contributed by atoms with Crippen molar-refractivity contribution in [3.05, 3.63) is 17.8 Å². The van der Waals surface area contributed by atoms with Gasteiger partial charge < -0.3 is 9.73 Å². The molecule has 0 aromatic carbocycles. The van der Waals surface area contributed by atoms with E-state index in [-0.39, 0.29) is 0 Å². The summed E-state index contributed by atoms with van der Waals surface area (Å²) in [6, 6.07) is 0. The van der Waals surface area contributed by atoms with Gasteiger partial charge in [0, 0.05) is 18.9 Å². The van der Waals surface area contributed by atoms with E-state index >= 15 is 0 Å². The van der Waals surface area contributed by atoms with Crippen molar-refractivity contribution in [1.82, 2.24) is 10.3 Å². The molecule has 2 atom stereocenters. The van der Waals surface area contributed by atoms with Gasteiger partial charge in [-0.25, -0.2) is 4.98 Å². The molecule has 0 aliphatic heterocycles. The Morgan fingerprint density at radius 1 is 1.38 bits per heavy atom. The van der Waals surface area contributed by atoms with Gasteiger partial charge in [-0.05, 0) is 31.7 Å². The summed E-state index contributed by atoms with van der Waals surface area (Å²) in [6.07, 6.45) is 8.51. The zero-order valence-corrected chi connectivity index (χ0v) is 9.91. The second-order valence-corrected chi connectivity index (χ2v) is 5.15. The number of hydrogen-bond donors (Lipinski definition) is 1. The predicted octanol–water partition coefficient (Wildman–Crippen LogP) is 2.34. The van der Waals surface area contributed by atoms with Crippen molar-refractivity contribution >= 4 is 0 Å². The highest BCUT2D eigenvalue weighted by atomic mass is 16.4. The van der Waals surface area contributed by atoms with Gasteiger partial charge in [-0.3, -0.25) is 0 Å². The van der Waals surface area contributed by atoms with Gasteiger partial charge in [0.2, 0.25) is 0 Å². The predicted molar refractivity (Wildman–Crippen MR) is 62.3 cm³/mol. The molecule has 2 fully saturated rings. The molecule has 0 radical (unpaired) electrons. The Kier molecular flexibility index (Phi) is 2.72. The first kappa shape index (κ1) is 10.3. The molecule has 2 saturated carbocycles. The van der Waals surface area contributed by atoms with Crippen molar-refractivity contribution in [2.24, 2.45) is 11.8 Å². The Balaban J connectivity index is 1.64. The molecular weight excluding hydrogens is 200 g/mol. The van der Waals surface area contributed by atoms with E-state index in [4.69, 9.17) is 4.42 Å². The van der Waals surface area contributed by atoms with Crippen LogP contribution in [0.5, 0.6) is 0 Å². The summed E-state index contributed by atoms with van der Waals surface area (Å²) < 4.78 is 5.85. The van der Waals surface area contributed by atoms with Crippen LogP contribution in [0.15, 0.2) is 10.6 Å². The maximum Gasteiger partial charge on any atom is 0.195 e.